The first-order valence-corrected chi connectivity index (χ1v) is 8.60. The maximum Gasteiger partial charge on any atom is 0.126 e. The highest BCUT2D eigenvalue weighted by Crippen LogP contribution is 2.28. The van der Waals surface area contributed by atoms with Crippen molar-refractivity contribution in [3.05, 3.63) is 83.9 Å². The Kier molecular flexibility index (Phi) is 4.32. The Hall–Kier alpha value is -3.26. The largest absolute Gasteiger partial charge is 0.496 e. The van der Waals surface area contributed by atoms with E-state index in [1.807, 2.05) is 24.3 Å². The van der Waals surface area contributed by atoms with Crippen molar-refractivity contribution in [3.63, 3.8) is 0 Å². The van der Waals surface area contributed by atoms with E-state index in [0.29, 0.717) is 0 Å². The first kappa shape index (κ1) is 16.2. The van der Waals surface area contributed by atoms with E-state index in [4.69, 9.17) is 9.47 Å². The third kappa shape index (κ3) is 3.02. The molecule has 2 nitrogen and oxygen atoms in total. The highest BCUT2D eigenvalue weighted by molar-refractivity contribution is 5.92. The fraction of sp³-hybridized carbons (Fsp3) is 0.0833. The van der Waals surface area contributed by atoms with Crippen molar-refractivity contribution in [3.8, 4) is 11.5 Å². The van der Waals surface area contributed by atoms with Gasteiger partial charge in [-0.3, -0.25) is 0 Å². The van der Waals surface area contributed by atoms with Gasteiger partial charge in [0.2, 0.25) is 0 Å². The Morgan fingerprint density at radius 3 is 1.46 bits per heavy atom. The SMILES string of the molecule is COc1cccc2ccc(/C=C/c3ccc4cccc(OC)c4c3)cc12. The summed E-state index contributed by atoms with van der Waals surface area (Å²) in [6, 6.07) is 25.0. The van der Waals surface area contributed by atoms with Gasteiger partial charge < -0.3 is 9.47 Å². The zero-order valence-electron chi connectivity index (χ0n) is 14.9. The Morgan fingerprint density at radius 1 is 0.577 bits per heavy atom. The standard InChI is InChI=1S/C24H20O2/c1-25-23-7-3-5-19-13-11-17(15-21(19)23)9-10-18-12-14-20-6-4-8-24(26-2)22(20)16-18/h3-16H,1-2H3/b10-9+. The third-order valence-corrected chi connectivity index (χ3v) is 4.64. The van der Waals surface area contributed by atoms with Gasteiger partial charge >= 0.3 is 0 Å². The molecule has 128 valence electrons. The van der Waals surface area contributed by atoms with Crippen molar-refractivity contribution >= 4 is 33.7 Å². The number of hydrogen-bond acceptors (Lipinski definition) is 2. The zero-order chi connectivity index (χ0) is 17.9. The van der Waals surface area contributed by atoms with Crippen molar-refractivity contribution in [1.82, 2.24) is 0 Å². The highest BCUT2D eigenvalue weighted by atomic mass is 16.5. The quantitative estimate of drug-likeness (QED) is 0.413. The number of rotatable bonds is 4. The molecule has 0 unspecified atom stereocenters. The van der Waals surface area contributed by atoms with Gasteiger partial charge in [-0.2, -0.15) is 0 Å². The summed E-state index contributed by atoms with van der Waals surface area (Å²) in [6.45, 7) is 0. The molecule has 0 aliphatic carbocycles. The van der Waals surface area contributed by atoms with Crippen LogP contribution in [0.2, 0.25) is 0 Å². The average molecular weight is 340 g/mol. The molecule has 0 saturated heterocycles. The molecule has 0 spiro atoms. The Balaban J connectivity index is 1.72. The first-order chi connectivity index (χ1) is 12.8. The van der Waals surface area contributed by atoms with Crippen molar-refractivity contribution in [2.24, 2.45) is 0 Å². The molecule has 0 aliphatic rings. The number of methoxy groups -OCH3 is 2. The van der Waals surface area contributed by atoms with Crippen molar-refractivity contribution in [2.75, 3.05) is 14.2 Å². The minimum Gasteiger partial charge on any atom is -0.496 e. The summed E-state index contributed by atoms with van der Waals surface area (Å²) in [5.41, 5.74) is 2.28. The van der Waals surface area contributed by atoms with Gasteiger partial charge in [-0.25, -0.2) is 0 Å². The maximum atomic E-state index is 5.48. The molecule has 0 aromatic heterocycles. The molecule has 0 radical (unpaired) electrons. The summed E-state index contributed by atoms with van der Waals surface area (Å²) < 4.78 is 11.0. The van der Waals surface area contributed by atoms with E-state index in [1.54, 1.807) is 14.2 Å². The molecule has 0 heterocycles. The average Bonchev–Trinajstić information content (AvgIpc) is 2.71. The van der Waals surface area contributed by atoms with Gasteiger partial charge in [0, 0.05) is 10.8 Å². The van der Waals surface area contributed by atoms with Gasteiger partial charge in [0.05, 0.1) is 14.2 Å². The van der Waals surface area contributed by atoms with E-state index in [9.17, 15) is 0 Å². The molecule has 0 amide bonds. The van der Waals surface area contributed by atoms with E-state index in [2.05, 4.69) is 60.7 Å². The second kappa shape index (κ2) is 6.93. The van der Waals surface area contributed by atoms with E-state index in [1.165, 1.54) is 10.8 Å². The van der Waals surface area contributed by atoms with Crippen molar-refractivity contribution < 1.29 is 9.47 Å². The first-order valence-electron chi connectivity index (χ1n) is 8.60. The molecular formula is C24H20O2. The van der Waals surface area contributed by atoms with Gasteiger partial charge in [-0.15, -0.1) is 0 Å². The smallest absolute Gasteiger partial charge is 0.126 e. The molecule has 0 bridgehead atoms. The molecule has 0 fully saturated rings. The van der Waals surface area contributed by atoms with Crippen molar-refractivity contribution in [2.45, 2.75) is 0 Å². The number of hydrogen-bond donors (Lipinski definition) is 0. The van der Waals surface area contributed by atoms with Crippen molar-refractivity contribution in [1.29, 1.82) is 0 Å². The Labute approximate surface area is 153 Å². The maximum absolute atomic E-state index is 5.48. The van der Waals surface area contributed by atoms with Crippen LogP contribution in [0.3, 0.4) is 0 Å². The molecule has 4 aromatic rings. The summed E-state index contributed by atoms with van der Waals surface area (Å²) >= 11 is 0. The lowest BCUT2D eigenvalue weighted by atomic mass is 10.0. The third-order valence-electron chi connectivity index (χ3n) is 4.64. The number of benzene rings is 4. The van der Waals surface area contributed by atoms with Gasteiger partial charge in [-0.05, 0) is 46.2 Å². The zero-order valence-corrected chi connectivity index (χ0v) is 14.9. The lowest BCUT2D eigenvalue weighted by molar-refractivity contribution is 0.419. The van der Waals surface area contributed by atoms with Crippen LogP contribution in [0.15, 0.2) is 72.8 Å². The van der Waals surface area contributed by atoms with Gasteiger partial charge in [0.15, 0.2) is 0 Å². The van der Waals surface area contributed by atoms with Gasteiger partial charge in [0.25, 0.3) is 0 Å². The lowest BCUT2D eigenvalue weighted by Gasteiger charge is -2.07. The van der Waals surface area contributed by atoms with Crippen LogP contribution in [0, 0.1) is 0 Å². The van der Waals surface area contributed by atoms with E-state index in [0.717, 1.165) is 33.4 Å². The highest BCUT2D eigenvalue weighted by Gasteiger charge is 2.02. The molecule has 4 aromatic carbocycles. The second-order valence-corrected chi connectivity index (χ2v) is 6.22. The summed E-state index contributed by atoms with van der Waals surface area (Å²) in [6.07, 6.45) is 4.25. The van der Waals surface area contributed by atoms with E-state index < -0.39 is 0 Å². The second-order valence-electron chi connectivity index (χ2n) is 6.22. The predicted octanol–water partition coefficient (Wildman–Crippen LogP) is 6.18. The van der Waals surface area contributed by atoms with Crippen LogP contribution >= 0.6 is 0 Å². The molecule has 0 atom stereocenters. The van der Waals surface area contributed by atoms with Crippen LogP contribution in [-0.2, 0) is 0 Å². The van der Waals surface area contributed by atoms with E-state index in [-0.39, 0.29) is 0 Å². The fourth-order valence-electron chi connectivity index (χ4n) is 3.28. The molecule has 0 aliphatic heterocycles. The monoisotopic (exact) mass is 340 g/mol. The lowest BCUT2D eigenvalue weighted by Crippen LogP contribution is -1.85. The van der Waals surface area contributed by atoms with Crippen LogP contribution < -0.4 is 9.47 Å². The van der Waals surface area contributed by atoms with Crippen LogP contribution in [0.25, 0.3) is 33.7 Å². The molecular weight excluding hydrogens is 320 g/mol. The fourth-order valence-corrected chi connectivity index (χ4v) is 3.28. The van der Waals surface area contributed by atoms with Crippen LogP contribution in [-0.4, -0.2) is 14.2 Å². The predicted molar refractivity (Wildman–Crippen MR) is 110 cm³/mol. The van der Waals surface area contributed by atoms with Crippen LogP contribution in [0.1, 0.15) is 11.1 Å². The Bertz CT molecular complexity index is 1020. The van der Waals surface area contributed by atoms with Crippen LogP contribution in [0.5, 0.6) is 11.5 Å². The molecule has 0 N–H and O–H groups in total. The number of ether oxygens (including phenoxy) is 2. The summed E-state index contributed by atoms with van der Waals surface area (Å²) in [4.78, 5) is 0. The molecule has 26 heavy (non-hydrogen) atoms. The van der Waals surface area contributed by atoms with Gasteiger partial charge in [-0.1, -0.05) is 60.7 Å². The number of fused-ring (bicyclic) bond motifs is 2. The molecule has 2 heteroatoms. The summed E-state index contributed by atoms with van der Waals surface area (Å²) in [7, 11) is 3.42. The normalized spacial score (nSPS) is 11.3. The van der Waals surface area contributed by atoms with E-state index >= 15 is 0 Å². The minimum absolute atomic E-state index is 0.896. The Morgan fingerprint density at radius 2 is 1.04 bits per heavy atom. The topological polar surface area (TPSA) is 18.5 Å². The van der Waals surface area contributed by atoms with Gasteiger partial charge in [0.1, 0.15) is 11.5 Å². The van der Waals surface area contributed by atoms with Crippen LogP contribution in [0.4, 0.5) is 0 Å². The summed E-state index contributed by atoms with van der Waals surface area (Å²) in [5.74, 6) is 1.79. The summed E-state index contributed by atoms with van der Waals surface area (Å²) in [5, 5.41) is 4.60. The molecule has 4 rings (SSSR count). The minimum atomic E-state index is 0.896. The molecule has 0 saturated carbocycles.